The Bertz CT molecular complexity index is 292. The van der Waals surface area contributed by atoms with Crippen molar-refractivity contribution in [3.05, 3.63) is 0 Å². The summed E-state index contributed by atoms with van der Waals surface area (Å²) < 4.78 is 0. The molecule has 21 heavy (non-hydrogen) atoms. The van der Waals surface area contributed by atoms with Crippen LogP contribution < -0.4 is 5.32 Å². The molecule has 0 saturated carbocycles. The van der Waals surface area contributed by atoms with Gasteiger partial charge in [-0.2, -0.15) is 0 Å². The van der Waals surface area contributed by atoms with E-state index < -0.39 is 0 Å². The van der Waals surface area contributed by atoms with Crippen molar-refractivity contribution >= 4 is 5.91 Å². The van der Waals surface area contributed by atoms with Crippen molar-refractivity contribution in [3.63, 3.8) is 0 Å². The van der Waals surface area contributed by atoms with Gasteiger partial charge in [0.05, 0.1) is 6.04 Å². The lowest BCUT2D eigenvalue weighted by atomic mass is 10.0. The van der Waals surface area contributed by atoms with Crippen molar-refractivity contribution in [2.24, 2.45) is 0 Å². The summed E-state index contributed by atoms with van der Waals surface area (Å²) in [5.41, 5.74) is 0. The van der Waals surface area contributed by atoms with Gasteiger partial charge in [0, 0.05) is 12.6 Å². The van der Waals surface area contributed by atoms with Crippen LogP contribution in [0.15, 0.2) is 0 Å². The van der Waals surface area contributed by atoms with Crippen LogP contribution in [0, 0.1) is 0 Å². The Morgan fingerprint density at radius 3 is 2.67 bits per heavy atom. The molecule has 2 atom stereocenters. The topological polar surface area (TPSA) is 35.6 Å². The lowest BCUT2D eigenvalue weighted by Gasteiger charge is -2.37. The Hall–Kier alpha value is -0.610. The van der Waals surface area contributed by atoms with Gasteiger partial charge < -0.3 is 15.1 Å². The monoisotopic (exact) mass is 297 g/mol. The summed E-state index contributed by atoms with van der Waals surface area (Å²) in [5, 5.41) is 3.40. The molecule has 1 amide bonds. The first kappa shape index (κ1) is 18.4. The summed E-state index contributed by atoms with van der Waals surface area (Å²) in [5.74, 6) is 0.324. The average Bonchev–Trinajstić information content (AvgIpc) is 2.50. The number of piperidine rings is 1. The zero-order chi connectivity index (χ0) is 15.7. The van der Waals surface area contributed by atoms with Crippen LogP contribution in [0.1, 0.15) is 59.8 Å². The summed E-state index contributed by atoms with van der Waals surface area (Å²) in [7, 11) is 0. The SMILES string of the molecule is CCCNC1CCCN(C(C)CCCN(CC)CC)C1=O. The van der Waals surface area contributed by atoms with Crippen LogP contribution >= 0.6 is 0 Å². The molecule has 1 aliphatic heterocycles. The van der Waals surface area contributed by atoms with E-state index >= 15 is 0 Å². The number of likely N-dealkylation sites (tertiary alicyclic amines) is 1. The van der Waals surface area contributed by atoms with E-state index in [1.165, 1.54) is 6.42 Å². The normalized spacial score (nSPS) is 21.1. The van der Waals surface area contributed by atoms with Gasteiger partial charge in [0.15, 0.2) is 0 Å². The molecule has 0 aromatic carbocycles. The molecule has 4 heteroatoms. The largest absolute Gasteiger partial charge is 0.339 e. The standard InChI is InChI=1S/C17H35N3O/c1-5-12-18-16-11-9-14-20(17(16)21)15(4)10-8-13-19(6-2)7-3/h15-16,18H,5-14H2,1-4H3. The summed E-state index contributed by atoms with van der Waals surface area (Å²) in [6.45, 7) is 14.1. The highest BCUT2D eigenvalue weighted by molar-refractivity contribution is 5.82. The maximum Gasteiger partial charge on any atom is 0.239 e. The van der Waals surface area contributed by atoms with Gasteiger partial charge in [-0.3, -0.25) is 4.79 Å². The Kier molecular flexibility index (Phi) is 8.93. The third-order valence-electron chi connectivity index (χ3n) is 4.64. The molecule has 0 aliphatic carbocycles. The number of nitrogens with one attached hydrogen (secondary N) is 1. The number of nitrogens with zero attached hydrogens (tertiary/aromatic N) is 2. The molecule has 0 aromatic heterocycles. The molecule has 1 fully saturated rings. The average molecular weight is 297 g/mol. The molecule has 0 spiro atoms. The highest BCUT2D eigenvalue weighted by Gasteiger charge is 2.30. The minimum Gasteiger partial charge on any atom is -0.339 e. The van der Waals surface area contributed by atoms with E-state index in [-0.39, 0.29) is 6.04 Å². The third kappa shape index (κ3) is 5.95. The van der Waals surface area contributed by atoms with E-state index in [4.69, 9.17) is 0 Å². The van der Waals surface area contributed by atoms with Crippen LogP contribution in [-0.2, 0) is 4.79 Å². The number of amides is 1. The molecule has 0 bridgehead atoms. The second kappa shape index (κ2) is 10.2. The summed E-state index contributed by atoms with van der Waals surface area (Å²) in [4.78, 5) is 17.1. The molecule has 1 saturated heterocycles. The summed E-state index contributed by atoms with van der Waals surface area (Å²) >= 11 is 0. The number of carbonyl (C=O) groups is 1. The van der Waals surface area contributed by atoms with Crippen molar-refractivity contribution < 1.29 is 4.79 Å². The first-order chi connectivity index (χ1) is 10.1. The minimum atomic E-state index is 0.0592. The molecular formula is C17H35N3O. The van der Waals surface area contributed by atoms with Gasteiger partial charge in [-0.05, 0) is 65.2 Å². The van der Waals surface area contributed by atoms with Gasteiger partial charge in [-0.15, -0.1) is 0 Å². The smallest absolute Gasteiger partial charge is 0.239 e. The second-order valence-electron chi connectivity index (χ2n) is 6.20. The number of carbonyl (C=O) groups excluding carboxylic acids is 1. The number of hydrogen-bond donors (Lipinski definition) is 1. The second-order valence-corrected chi connectivity index (χ2v) is 6.20. The van der Waals surface area contributed by atoms with Gasteiger partial charge in [0.2, 0.25) is 5.91 Å². The van der Waals surface area contributed by atoms with E-state index in [0.29, 0.717) is 11.9 Å². The molecular weight excluding hydrogens is 262 g/mol. The van der Waals surface area contributed by atoms with Crippen molar-refractivity contribution in [1.82, 2.24) is 15.1 Å². The minimum absolute atomic E-state index is 0.0592. The van der Waals surface area contributed by atoms with E-state index in [9.17, 15) is 4.79 Å². The van der Waals surface area contributed by atoms with Gasteiger partial charge in [0.25, 0.3) is 0 Å². The van der Waals surface area contributed by atoms with E-state index in [2.05, 4.69) is 42.8 Å². The van der Waals surface area contributed by atoms with E-state index in [1.807, 2.05) is 0 Å². The molecule has 1 heterocycles. The van der Waals surface area contributed by atoms with Crippen LogP contribution in [0.5, 0.6) is 0 Å². The van der Waals surface area contributed by atoms with Gasteiger partial charge in [0.1, 0.15) is 0 Å². The first-order valence-electron chi connectivity index (χ1n) is 8.90. The van der Waals surface area contributed by atoms with Crippen LogP contribution in [-0.4, -0.2) is 60.5 Å². The van der Waals surface area contributed by atoms with Crippen LogP contribution in [0.3, 0.4) is 0 Å². The maximum absolute atomic E-state index is 12.5. The predicted molar refractivity (Wildman–Crippen MR) is 89.5 cm³/mol. The number of rotatable bonds is 10. The number of hydrogen-bond acceptors (Lipinski definition) is 3. The third-order valence-corrected chi connectivity index (χ3v) is 4.64. The summed E-state index contributed by atoms with van der Waals surface area (Å²) in [6, 6.07) is 0.434. The molecule has 1 aliphatic rings. The predicted octanol–water partition coefficient (Wildman–Crippen LogP) is 2.49. The van der Waals surface area contributed by atoms with E-state index in [0.717, 1.165) is 58.4 Å². The van der Waals surface area contributed by atoms with E-state index in [1.54, 1.807) is 0 Å². The van der Waals surface area contributed by atoms with Gasteiger partial charge >= 0.3 is 0 Å². The molecule has 4 nitrogen and oxygen atoms in total. The van der Waals surface area contributed by atoms with Crippen molar-refractivity contribution in [2.45, 2.75) is 71.9 Å². The van der Waals surface area contributed by atoms with Crippen molar-refractivity contribution in [3.8, 4) is 0 Å². The Balaban J connectivity index is 2.38. The maximum atomic E-state index is 12.5. The molecule has 0 radical (unpaired) electrons. The Morgan fingerprint density at radius 2 is 2.05 bits per heavy atom. The fraction of sp³-hybridized carbons (Fsp3) is 0.941. The fourth-order valence-corrected chi connectivity index (χ4v) is 3.15. The first-order valence-corrected chi connectivity index (χ1v) is 8.90. The zero-order valence-electron chi connectivity index (χ0n) is 14.5. The zero-order valence-corrected chi connectivity index (χ0v) is 14.5. The van der Waals surface area contributed by atoms with Crippen molar-refractivity contribution in [1.29, 1.82) is 0 Å². The molecule has 1 rings (SSSR count). The lowest BCUT2D eigenvalue weighted by Crippen LogP contribution is -2.53. The highest BCUT2D eigenvalue weighted by atomic mass is 16.2. The van der Waals surface area contributed by atoms with Gasteiger partial charge in [-0.1, -0.05) is 20.8 Å². The fourth-order valence-electron chi connectivity index (χ4n) is 3.15. The van der Waals surface area contributed by atoms with Crippen LogP contribution in [0.2, 0.25) is 0 Å². The van der Waals surface area contributed by atoms with Crippen molar-refractivity contribution in [2.75, 3.05) is 32.7 Å². The van der Waals surface area contributed by atoms with Gasteiger partial charge in [-0.25, -0.2) is 0 Å². The molecule has 2 unspecified atom stereocenters. The molecule has 1 N–H and O–H groups in total. The van der Waals surface area contributed by atoms with Crippen LogP contribution in [0.4, 0.5) is 0 Å². The quantitative estimate of drug-likeness (QED) is 0.673. The molecule has 0 aromatic rings. The highest BCUT2D eigenvalue weighted by Crippen LogP contribution is 2.17. The Morgan fingerprint density at radius 1 is 1.33 bits per heavy atom. The Labute approximate surface area is 131 Å². The lowest BCUT2D eigenvalue weighted by molar-refractivity contribution is -0.138. The van der Waals surface area contributed by atoms with Crippen LogP contribution in [0.25, 0.3) is 0 Å². The molecule has 124 valence electrons. The summed E-state index contributed by atoms with van der Waals surface area (Å²) in [6.07, 6.45) is 5.51.